The van der Waals surface area contributed by atoms with Crippen LogP contribution in [-0.4, -0.2) is 44.4 Å². The van der Waals surface area contributed by atoms with Crippen LogP contribution in [0.25, 0.3) is 22.2 Å². The number of aryl methyl sites for hydroxylation is 2. The first-order valence-electron chi connectivity index (χ1n) is 10.7. The molecule has 1 spiro atoms. The first-order chi connectivity index (χ1) is 14.2. The van der Waals surface area contributed by atoms with Gasteiger partial charge in [0.15, 0.2) is 0 Å². The Kier molecular flexibility index (Phi) is 4.17. The number of carbonyl (C=O) groups excluding carboxylic acids is 1. The SMILES string of the molecule is Cc1ccc2ncc(-c3cc4n(n3)CCC43CCN(C(=O)OC(C)(C)C)C3)cc2c1. The number of carbonyl (C=O) groups is 1. The minimum atomic E-state index is -0.473. The van der Waals surface area contributed by atoms with Crippen molar-refractivity contribution in [3.8, 4) is 11.3 Å². The molecule has 1 unspecified atom stereocenters. The highest BCUT2D eigenvalue weighted by atomic mass is 16.6. The third-order valence-electron chi connectivity index (χ3n) is 6.26. The molecule has 0 aliphatic carbocycles. The van der Waals surface area contributed by atoms with E-state index in [9.17, 15) is 4.79 Å². The maximum atomic E-state index is 12.6. The summed E-state index contributed by atoms with van der Waals surface area (Å²) in [5, 5.41) is 6.01. The first-order valence-corrected chi connectivity index (χ1v) is 10.7. The predicted molar refractivity (Wildman–Crippen MR) is 116 cm³/mol. The molecule has 1 saturated heterocycles. The fourth-order valence-electron chi connectivity index (χ4n) is 4.76. The molecule has 0 N–H and O–H groups in total. The number of nitrogens with zero attached hydrogens (tertiary/aromatic N) is 4. The minimum absolute atomic E-state index is 0.0248. The number of aromatic nitrogens is 3. The molecule has 1 atom stereocenters. The number of pyridine rings is 1. The molecule has 2 aromatic heterocycles. The van der Waals surface area contributed by atoms with Crippen LogP contribution in [0.2, 0.25) is 0 Å². The number of benzene rings is 1. The minimum Gasteiger partial charge on any atom is -0.444 e. The molecule has 5 rings (SSSR count). The van der Waals surface area contributed by atoms with Crippen LogP contribution in [0, 0.1) is 6.92 Å². The summed E-state index contributed by atoms with van der Waals surface area (Å²) in [6.45, 7) is 10.1. The Morgan fingerprint density at radius 2 is 1.93 bits per heavy atom. The van der Waals surface area contributed by atoms with Crippen molar-refractivity contribution < 1.29 is 9.53 Å². The smallest absolute Gasteiger partial charge is 0.410 e. The van der Waals surface area contributed by atoms with E-state index >= 15 is 0 Å². The number of hydrogen-bond donors (Lipinski definition) is 0. The summed E-state index contributed by atoms with van der Waals surface area (Å²) in [7, 11) is 0. The van der Waals surface area contributed by atoms with Crippen molar-refractivity contribution in [1.29, 1.82) is 0 Å². The Morgan fingerprint density at radius 1 is 1.13 bits per heavy atom. The van der Waals surface area contributed by atoms with Crippen LogP contribution >= 0.6 is 0 Å². The van der Waals surface area contributed by atoms with Crippen LogP contribution in [0.15, 0.2) is 36.5 Å². The van der Waals surface area contributed by atoms with E-state index < -0.39 is 5.60 Å². The fourth-order valence-corrected chi connectivity index (χ4v) is 4.76. The number of rotatable bonds is 1. The Morgan fingerprint density at radius 3 is 2.73 bits per heavy atom. The molecule has 0 radical (unpaired) electrons. The number of likely N-dealkylation sites (tertiary alicyclic amines) is 1. The van der Waals surface area contributed by atoms with Gasteiger partial charge in [0.25, 0.3) is 0 Å². The topological polar surface area (TPSA) is 60.2 Å². The predicted octanol–water partition coefficient (Wildman–Crippen LogP) is 4.69. The number of hydrogen-bond acceptors (Lipinski definition) is 4. The van der Waals surface area contributed by atoms with E-state index in [4.69, 9.17) is 9.84 Å². The molecule has 3 aromatic rings. The number of amides is 1. The highest BCUT2D eigenvalue weighted by Gasteiger charge is 2.47. The van der Waals surface area contributed by atoms with Crippen molar-refractivity contribution in [2.24, 2.45) is 0 Å². The highest BCUT2D eigenvalue weighted by Crippen LogP contribution is 2.44. The number of ether oxygens (including phenoxy) is 1. The molecule has 0 bridgehead atoms. The van der Waals surface area contributed by atoms with Crippen LogP contribution in [0.5, 0.6) is 0 Å². The standard InChI is InChI=1S/C24H28N4O2/c1-16-5-6-19-17(11-16)12-18(14-25-19)20-13-21-24(8-10-28(21)26-20)7-9-27(15-24)22(29)30-23(2,3)4/h5-6,11-14H,7-10,15H2,1-4H3. The van der Waals surface area contributed by atoms with Crippen LogP contribution in [0.4, 0.5) is 4.79 Å². The van der Waals surface area contributed by atoms with Gasteiger partial charge in [0.05, 0.1) is 11.2 Å². The zero-order valence-electron chi connectivity index (χ0n) is 18.1. The van der Waals surface area contributed by atoms with Crippen molar-refractivity contribution >= 4 is 17.0 Å². The molecular weight excluding hydrogens is 376 g/mol. The Bertz CT molecular complexity index is 1140. The van der Waals surface area contributed by atoms with Crippen LogP contribution in [-0.2, 0) is 16.7 Å². The van der Waals surface area contributed by atoms with Crippen molar-refractivity contribution in [2.75, 3.05) is 13.1 Å². The summed E-state index contributed by atoms with van der Waals surface area (Å²) >= 11 is 0. The zero-order valence-corrected chi connectivity index (χ0v) is 18.1. The van der Waals surface area contributed by atoms with Gasteiger partial charge in [-0.15, -0.1) is 0 Å². The maximum Gasteiger partial charge on any atom is 0.410 e. The van der Waals surface area contributed by atoms with Gasteiger partial charge < -0.3 is 9.64 Å². The van der Waals surface area contributed by atoms with Crippen LogP contribution in [0.1, 0.15) is 44.9 Å². The zero-order chi connectivity index (χ0) is 21.1. The van der Waals surface area contributed by atoms with Gasteiger partial charge in [-0.25, -0.2) is 4.79 Å². The lowest BCUT2D eigenvalue weighted by molar-refractivity contribution is 0.0284. The van der Waals surface area contributed by atoms with Gasteiger partial charge in [-0.05, 0) is 64.8 Å². The van der Waals surface area contributed by atoms with E-state index in [1.54, 1.807) is 0 Å². The fraction of sp³-hybridized carbons (Fsp3) is 0.458. The third-order valence-corrected chi connectivity index (χ3v) is 6.26. The monoisotopic (exact) mass is 404 g/mol. The Balaban J connectivity index is 1.43. The normalized spacial score (nSPS) is 20.9. The molecule has 2 aliphatic rings. The summed E-state index contributed by atoms with van der Waals surface area (Å²) in [4.78, 5) is 19.0. The molecule has 156 valence electrons. The van der Waals surface area contributed by atoms with Crippen LogP contribution < -0.4 is 0 Å². The van der Waals surface area contributed by atoms with Gasteiger partial charge in [0.2, 0.25) is 0 Å². The van der Waals surface area contributed by atoms with Gasteiger partial charge in [0.1, 0.15) is 5.60 Å². The molecule has 6 nitrogen and oxygen atoms in total. The number of fused-ring (bicyclic) bond motifs is 3. The van der Waals surface area contributed by atoms with E-state index in [-0.39, 0.29) is 11.5 Å². The van der Waals surface area contributed by atoms with Crippen molar-refractivity contribution in [1.82, 2.24) is 19.7 Å². The molecule has 6 heteroatoms. The van der Waals surface area contributed by atoms with Gasteiger partial charge in [0, 0.05) is 47.9 Å². The van der Waals surface area contributed by atoms with E-state index in [1.807, 2.05) is 31.9 Å². The lowest BCUT2D eigenvalue weighted by Crippen LogP contribution is -2.37. The van der Waals surface area contributed by atoms with Crippen molar-refractivity contribution in [3.05, 3.63) is 47.8 Å². The first kappa shape index (κ1) is 19.1. The molecule has 1 fully saturated rings. The molecule has 30 heavy (non-hydrogen) atoms. The summed E-state index contributed by atoms with van der Waals surface area (Å²) in [6, 6.07) is 10.7. The van der Waals surface area contributed by atoms with Crippen molar-refractivity contribution in [3.63, 3.8) is 0 Å². The molecule has 1 amide bonds. The molecule has 2 aliphatic heterocycles. The van der Waals surface area contributed by atoms with E-state index in [0.29, 0.717) is 6.54 Å². The average Bonchev–Trinajstić information content (AvgIpc) is 3.37. The van der Waals surface area contributed by atoms with E-state index in [2.05, 4.69) is 46.9 Å². The maximum absolute atomic E-state index is 12.6. The summed E-state index contributed by atoms with van der Waals surface area (Å²) in [6.07, 6.45) is 3.66. The largest absolute Gasteiger partial charge is 0.444 e. The Hall–Kier alpha value is -2.89. The van der Waals surface area contributed by atoms with Gasteiger partial charge >= 0.3 is 6.09 Å². The lowest BCUT2D eigenvalue weighted by Gasteiger charge is -2.26. The van der Waals surface area contributed by atoms with Crippen molar-refractivity contribution in [2.45, 2.75) is 58.1 Å². The lowest BCUT2D eigenvalue weighted by atomic mass is 9.82. The summed E-state index contributed by atoms with van der Waals surface area (Å²) in [5.74, 6) is 0. The Labute approximate surface area is 176 Å². The molecule has 1 aromatic carbocycles. The van der Waals surface area contributed by atoms with Gasteiger partial charge in [-0.1, -0.05) is 11.6 Å². The third kappa shape index (κ3) is 3.24. The van der Waals surface area contributed by atoms with E-state index in [1.165, 1.54) is 11.3 Å². The second-order valence-corrected chi connectivity index (χ2v) is 9.74. The summed E-state index contributed by atoms with van der Waals surface area (Å²) < 4.78 is 7.71. The van der Waals surface area contributed by atoms with Gasteiger partial charge in [-0.3, -0.25) is 9.67 Å². The quantitative estimate of drug-likeness (QED) is 0.590. The molecular formula is C24H28N4O2. The molecule has 0 saturated carbocycles. The highest BCUT2D eigenvalue weighted by molar-refractivity contribution is 5.83. The van der Waals surface area contributed by atoms with Crippen LogP contribution in [0.3, 0.4) is 0 Å². The second-order valence-electron chi connectivity index (χ2n) is 9.74. The second kappa shape index (κ2) is 6.56. The van der Waals surface area contributed by atoms with E-state index in [0.717, 1.165) is 48.1 Å². The summed E-state index contributed by atoms with van der Waals surface area (Å²) in [5.41, 5.74) is 4.94. The molecule has 4 heterocycles. The average molecular weight is 405 g/mol. The van der Waals surface area contributed by atoms with Gasteiger partial charge in [-0.2, -0.15) is 5.10 Å².